The van der Waals surface area contributed by atoms with Crippen LogP contribution in [0.25, 0.3) is 0 Å². The zero-order chi connectivity index (χ0) is 47.7. The Kier molecular flexibility index (Phi) is 21.2. The highest BCUT2D eigenvalue weighted by Crippen LogP contribution is 2.30. The Balaban J connectivity index is 0.00000980. The Labute approximate surface area is 406 Å². The zero-order valence-electron chi connectivity index (χ0n) is 39.5. The minimum atomic E-state index is -1.08. The average Bonchev–Trinajstić information content (AvgIpc) is 4.05. The van der Waals surface area contributed by atoms with Crippen molar-refractivity contribution in [3.8, 4) is 18.1 Å². The van der Waals surface area contributed by atoms with Crippen molar-refractivity contribution in [2.24, 2.45) is 11.8 Å². The molecule has 0 aromatic heterocycles. The number of ether oxygens (including phenoxy) is 3. The van der Waals surface area contributed by atoms with Crippen LogP contribution in [0, 0.1) is 24.2 Å². The number of quaternary nitrogens is 1. The van der Waals surface area contributed by atoms with Gasteiger partial charge < -0.3 is 56.9 Å². The van der Waals surface area contributed by atoms with Gasteiger partial charge in [-0.1, -0.05) is 88.4 Å². The van der Waals surface area contributed by atoms with Crippen molar-refractivity contribution in [1.82, 2.24) is 21.3 Å². The first-order valence-electron chi connectivity index (χ1n) is 23.2. The van der Waals surface area contributed by atoms with Crippen LogP contribution in [-0.4, -0.2) is 109 Å². The summed E-state index contributed by atoms with van der Waals surface area (Å²) in [5.41, 5.74) is 1.75. The van der Waals surface area contributed by atoms with E-state index in [1.54, 1.807) is 19.1 Å². The second-order valence-electron chi connectivity index (χ2n) is 18.7. The first-order valence-corrected chi connectivity index (χ1v) is 23.2. The molecule has 2 heterocycles. The van der Waals surface area contributed by atoms with E-state index in [2.05, 4.69) is 27.2 Å². The number of benzene rings is 3. The van der Waals surface area contributed by atoms with E-state index in [1.165, 1.54) is 0 Å². The van der Waals surface area contributed by atoms with Crippen molar-refractivity contribution in [2.75, 3.05) is 39.5 Å². The first-order chi connectivity index (χ1) is 31.6. The number of epoxide rings is 1. The highest BCUT2D eigenvalue weighted by Gasteiger charge is 2.50. The third-order valence-electron chi connectivity index (χ3n) is 12.0. The number of nitrogens with zero attached hydrogens (tertiary/aromatic N) is 1. The summed E-state index contributed by atoms with van der Waals surface area (Å²) in [6.07, 6.45) is 7.22. The molecule has 2 aliphatic heterocycles. The minimum absolute atomic E-state index is 0. The molecule has 5 atom stereocenters. The molecule has 0 spiro atoms. The van der Waals surface area contributed by atoms with E-state index in [-0.39, 0.29) is 79.3 Å². The number of hydrogen-bond donors (Lipinski definition) is 4. The van der Waals surface area contributed by atoms with E-state index >= 15 is 0 Å². The molecule has 3 aromatic rings. The molecule has 2 fully saturated rings. The molecule has 5 rings (SSSR count). The number of hydrogen-bond acceptors (Lipinski definition) is 9. The summed E-state index contributed by atoms with van der Waals surface area (Å²) in [6, 6.07) is 22.2. The Hall–Kier alpha value is -5.40. The van der Waals surface area contributed by atoms with Crippen molar-refractivity contribution in [2.45, 2.75) is 116 Å². The van der Waals surface area contributed by atoms with Gasteiger partial charge in [-0.15, -0.1) is 12.3 Å². The van der Waals surface area contributed by atoms with Crippen molar-refractivity contribution in [3.63, 3.8) is 0 Å². The standard InChI is InChI=1S/C52H67N5O9.BrH/c1-7-8-19-47(59)66-41-23-20-40(21-24-41)33-57(26-28-64-29-27-57)34-46(58)53-42(25-22-38-15-11-9-12-16-38)49(61)55-44(31-37(4)5)50(62)56-45(32-39-17-13-10-14-18-39)51(63)54-43(30-36(2)3)48(60)52(6)35-65-52;/h1,9-18,20-21,23-24,36-37,42-45H,8,19,22,25-35H2,2-6H3,(H3-,53,54,55,56,58,61,62,63);1H/t42?,43?,44?,45?,52-;/m1./s1. The van der Waals surface area contributed by atoms with E-state index in [1.807, 2.05) is 100 Å². The molecule has 0 radical (unpaired) electrons. The SMILES string of the molecule is C#CCCC(=O)Oc1ccc(C[N+]2(CC(=O)NC(CCc3ccccc3)C(=O)NC(CC(C)C)C(=O)NC(Cc3ccccc3)C(=O)NC(CC(C)C)C(=O)[C@@]3(C)CO3)CCOCC2)cc1.[Br-]. The quantitative estimate of drug-likeness (QED) is 0.0323. The molecule has 0 bridgehead atoms. The van der Waals surface area contributed by atoms with E-state index in [0.29, 0.717) is 62.3 Å². The van der Waals surface area contributed by atoms with Crippen LogP contribution < -0.4 is 43.0 Å². The maximum Gasteiger partial charge on any atom is 0.312 e. The maximum absolute atomic E-state index is 14.5. The number of terminal acetylenes is 1. The number of Topliss-reactive ketones (excluding diaryl/α,β-unsaturated/α-hetero) is 1. The van der Waals surface area contributed by atoms with Crippen molar-refractivity contribution >= 4 is 35.4 Å². The molecule has 0 aliphatic carbocycles. The summed E-state index contributed by atoms with van der Waals surface area (Å²) in [5.74, 6) is 0.338. The van der Waals surface area contributed by atoms with Gasteiger partial charge in [0.15, 0.2) is 12.3 Å². The largest absolute Gasteiger partial charge is 1.00 e. The molecule has 67 heavy (non-hydrogen) atoms. The Bertz CT molecular complexity index is 2140. The van der Waals surface area contributed by atoms with Gasteiger partial charge in [0, 0.05) is 18.4 Å². The Morgan fingerprint density at radius 3 is 1.84 bits per heavy atom. The lowest BCUT2D eigenvalue weighted by molar-refractivity contribution is -0.940. The van der Waals surface area contributed by atoms with Gasteiger partial charge in [0.05, 0.1) is 32.3 Å². The number of morpholine rings is 1. The van der Waals surface area contributed by atoms with Gasteiger partial charge in [-0.05, 0) is 79.8 Å². The molecular weight excluding hydrogens is 919 g/mol. The van der Waals surface area contributed by atoms with Gasteiger partial charge in [-0.2, -0.15) is 0 Å². The van der Waals surface area contributed by atoms with Crippen LogP contribution in [0.15, 0.2) is 84.9 Å². The maximum atomic E-state index is 14.5. The lowest BCUT2D eigenvalue weighted by atomic mass is 9.93. The molecule has 3 aromatic carbocycles. The molecule has 2 saturated heterocycles. The number of esters is 1. The van der Waals surface area contributed by atoms with Crippen LogP contribution in [0.4, 0.5) is 0 Å². The fourth-order valence-corrected chi connectivity index (χ4v) is 8.18. The van der Waals surface area contributed by atoms with Gasteiger partial charge in [0.25, 0.3) is 5.91 Å². The third-order valence-corrected chi connectivity index (χ3v) is 12.0. The predicted octanol–water partition coefficient (Wildman–Crippen LogP) is 1.62. The average molecular weight is 987 g/mol. The first kappa shape index (κ1) is 54.2. The molecule has 362 valence electrons. The van der Waals surface area contributed by atoms with Crippen molar-refractivity contribution in [1.29, 1.82) is 0 Å². The van der Waals surface area contributed by atoms with Crippen molar-refractivity contribution in [3.05, 3.63) is 102 Å². The van der Waals surface area contributed by atoms with E-state index < -0.39 is 53.5 Å². The topological polar surface area (TPSA) is 182 Å². The minimum Gasteiger partial charge on any atom is -1.00 e. The van der Waals surface area contributed by atoms with Gasteiger partial charge in [0.2, 0.25) is 17.7 Å². The van der Waals surface area contributed by atoms with Crippen LogP contribution in [-0.2, 0) is 57.6 Å². The van der Waals surface area contributed by atoms with Crippen LogP contribution in [0.2, 0.25) is 0 Å². The molecule has 4 amide bonds. The normalized spacial score (nSPS) is 17.9. The second-order valence-corrected chi connectivity index (χ2v) is 18.7. The summed E-state index contributed by atoms with van der Waals surface area (Å²) in [6.45, 7) is 12.4. The number of carbonyl (C=O) groups excluding carboxylic acids is 6. The smallest absolute Gasteiger partial charge is 0.312 e. The fraction of sp³-hybridized carbons (Fsp3) is 0.500. The Morgan fingerprint density at radius 2 is 1.25 bits per heavy atom. The number of halogens is 1. The summed E-state index contributed by atoms with van der Waals surface area (Å²) in [5, 5.41) is 11.8. The number of nitrogens with one attached hydrogen (secondary N) is 4. The summed E-state index contributed by atoms with van der Waals surface area (Å²) < 4.78 is 16.9. The highest BCUT2D eigenvalue weighted by molar-refractivity contribution is 5.98. The van der Waals surface area contributed by atoms with Crippen molar-refractivity contribution < 1.29 is 64.4 Å². The number of aryl methyl sites for hydroxylation is 1. The van der Waals surface area contributed by atoms with E-state index in [4.69, 9.17) is 20.6 Å². The number of ketones is 1. The molecule has 0 saturated carbocycles. The fourth-order valence-electron chi connectivity index (χ4n) is 8.18. The third kappa shape index (κ3) is 17.6. The van der Waals surface area contributed by atoms with E-state index in [9.17, 15) is 28.8 Å². The lowest BCUT2D eigenvalue weighted by Crippen LogP contribution is -3.00. The zero-order valence-corrected chi connectivity index (χ0v) is 41.1. The number of carbonyl (C=O) groups is 6. The van der Waals surface area contributed by atoms with Crippen LogP contribution in [0.3, 0.4) is 0 Å². The van der Waals surface area contributed by atoms with Gasteiger partial charge >= 0.3 is 5.97 Å². The van der Waals surface area contributed by atoms with Gasteiger partial charge in [0.1, 0.15) is 49.1 Å². The van der Waals surface area contributed by atoms with Gasteiger partial charge in [-0.25, -0.2) is 0 Å². The van der Waals surface area contributed by atoms with Crippen LogP contribution in [0.1, 0.15) is 83.4 Å². The molecule has 4 unspecified atom stereocenters. The van der Waals surface area contributed by atoms with Crippen LogP contribution in [0.5, 0.6) is 5.75 Å². The molecule has 2 aliphatic rings. The monoisotopic (exact) mass is 985 g/mol. The Morgan fingerprint density at radius 1 is 0.716 bits per heavy atom. The molecule has 4 N–H and O–H groups in total. The molecule has 14 nitrogen and oxygen atoms in total. The summed E-state index contributed by atoms with van der Waals surface area (Å²) in [4.78, 5) is 82.8. The molecular formula is C52H68BrN5O9. The number of amides is 4. The molecule has 15 heteroatoms. The lowest BCUT2D eigenvalue weighted by Gasteiger charge is -2.41. The summed E-state index contributed by atoms with van der Waals surface area (Å²) in [7, 11) is 0. The van der Waals surface area contributed by atoms with Gasteiger partial charge in [-0.3, -0.25) is 28.8 Å². The summed E-state index contributed by atoms with van der Waals surface area (Å²) >= 11 is 0. The highest BCUT2D eigenvalue weighted by atomic mass is 79.9. The number of rotatable bonds is 25. The van der Waals surface area contributed by atoms with Crippen LogP contribution >= 0.6 is 0 Å². The predicted molar refractivity (Wildman–Crippen MR) is 250 cm³/mol. The second kappa shape index (κ2) is 26.2. The van der Waals surface area contributed by atoms with E-state index in [0.717, 1.165) is 16.7 Å².